The van der Waals surface area contributed by atoms with Crippen LogP contribution in [-0.4, -0.2) is 16.1 Å². The third kappa shape index (κ3) is 2.24. The number of thiophene rings is 1. The third-order valence-electron chi connectivity index (χ3n) is 4.63. The van der Waals surface area contributed by atoms with Crippen LogP contribution in [0.25, 0.3) is 10.2 Å². The Morgan fingerprint density at radius 3 is 2.59 bits per heavy atom. The van der Waals surface area contributed by atoms with Crippen molar-refractivity contribution in [3.8, 4) is 0 Å². The van der Waals surface area contributed by atoms with Crippen LogP contribution in [-0.2, 0) is 23.1 Å². The number of aryl methyl sites for hydroxylation is 3. The molecule has 1 N–H and O–H groups in total. The van der Waals surface area contributed by atoms with Gasteiger partial charge in [-0.2, -0.15) is 0 Å². The average Bonchev–Trinajstić information content (AvgIpc) is 2.95. The summed E-state index contributed by atoms with van der Waals surface area (Å²) in [5, 5.41) is 10.8. The van der Waals surface area contributed by atoms with Crippen molar-refractivity contribution >= 4 is 27.5 Å². The van der Waals surface area contributed by atoms with E-state index in [9.17, 15) is 9.90 Å². The number of pyridine rings is 1. The fourth-order valence-corrected chi connectivity index (χ4v) is 5.00. The van der Waals surface area contributed by atoms with Gasteiger partial charge in [0.25, 0.3) is 0 Å². The van der Waals surface area contributed by atoms with E-state index in [4.69, 9.17) is 4.98 Å². The van der Waals surface area contributed by atoms with Gasteiger partial charge < -0.3 is 5.11 Å². The van der Waals surface area contributed by atoms with Gasteiger partial charge in [0.05, 0.1) is 5.92 Å². The molecule has 0 radical (unpaired) electrons. The number of fused-ring (bicyclic) bond motifs is 3. The van der Waals surface area contributed by atoms with Crippen molar-refractivity contribution in [3.63, 3.8) is 0 Å². The summed E-state index contributed by atoms with van der Waals surface area (Å²) >= 11 is 1.80. The molecule has 0 spiro atoms. The molecule has 1 atom stereocenters. The van der Waals surface area contributed by atoms with Crippen molar-refractivity contribution in [2.24, 2.45) is 0 Å². The zero-order valence-corrected chi connectivity index (χ0v) is 14.7. The molecule has 118 valence electrons. The van der Waals surface area contributed by atoms with Gasteiger partial charge in [-0.3, -0.25) is 4.79 Å². The van der Waals surface area contributed by atoms with Crippen molar-refractivity contribution in [2.45, 2.75) is 65.2 Å². The fraction of sp³-hybridized carbons (Fsp3) is 0.556. The fourth-order valence-electron chi connectivity index (χ4n) is 3.69. The lowest BCUT2D eigenvalue weighted by molar-refractivity contribution is -0.138. The van der Waals surface area contributed by atoms with Crippen LogP contribution in [0.4, 0.5) is 0 Å². The predicted octanol–water partition coefficient (Wildman–Crippen LogP) is 4.58. The minimum absolute atomic E-state index is 0.0948. The van der Waals surface area contributed by atoms with Gasteiger partial charge in [0.2, 0.25) is 0 Å². The van der Waals surface area contributed by atoms with Crippen LogP contribution in [0.1, 0.15) is 67.3 Å². The summed E-state index contributed by atoms with van der Waals surface area (Å²) < 4.78 is 0. The standard InChI is InChI=1S/C18H23NO2S/c1-9(17(20)21)13-10(2)19-16-14(15(13)18(3,4)5)11-7-6-8-12(11)22-16/h9H,6-8H2,1-5H3,(H,20,21). The van der Waals surface area contributed by atoms with Gasteiger partial charge in [-0.1, -0.05) is 20.8 Å². The number of hydrogen-bond donors (Lipinski definition) is 1. The highest BCUT2D eigenvalue weighted by Crippen LogP contribution is 2.45. The first-order valence-electron chi connectivity index (χ1n) is 7.90. The van der Waals surface area contributed by atoms with Crippen LogP contribution in [0.5, 0.6) is 0 Å². The van der Waals surface area contributed by atoms with Crippen molar-refractivity contribution in [1.29, 1.82) is 0 Å². The number of aliphatic carboxylic acids is 1. The molecular weight excluding hydrogens is 294 g/mol. The Bertz CT molecular complexity index is 768. The Hall–Kier alpha value is -1.42. The van der Waals surface area contributed by atoms with Gasteiger partial charge in [0.15, 0.2) is 0 Å². The van der Waals surface area contributed by atoms with E-state index < -0.39 is 11.9 Å². The van der Waals surface area contributed by atoms with Crippen molar-refractivity contribution in [2.75, 3.05) is 0 Å². The summed E-state index contributed by atoms with van der Waals surface area (Å²) in [6, 6.07) is 0. The molecule has 1 aliphatic carbocycles. The zero-order valence-electron chi connectivity index (χ0n) is 13.9. The van der Waals surface area contributed by atoms with Crippen molar-refractivity contribution in [3.05, 3.63) is 27.3 Å². The van der Waals surface area contributed by atoms with Crippen LogP contribution < -0.4 is 0 Å². The van der Waals surface area contributed by atoms with E-state index in [-0.39, 0.29) is 5.41 Å². The lowest BCUT2D eigenvalue weighted by Crippen LogP contribution is -2.21. The molecular formula is C18H23NO2S. The maximum Gasteiger partial charge on any atom is 0.310 e. The Labute approximate surface area is 135 Å². The maximum absolute atomic E-state index is 11.6. The third-order valence-corrected chi connectivity index (χ3v) is 5.82. The van der Waals surface area contributed by atoms with Gasteiger partial charge >= 0.3 is 5.97 Å². The largest absolute Gasteiger partial charge is 0.481 e. The van der Waals surface area contributed by atoms with Crippen LogP contribution >= 0.6 is 11.3 Å². The number of rotatable bonds is 2. The Morgan fingerprint density at radius 2 is 2.00 bits per heavy atom. The van der Waals surface area contributed by atoms with E-state index in [0.717, 1.165) is 28.9 Å². The van der Waals surface area contributed by atoms with Crippen LogP contribution in [0, 0.1) is 6.92 Å². The summed E-state index contributed by atoms with van der Waals surface area (Å²) in [7, 11) is 0. The smallest absolute Gasteiger partial charge is 0.310 e. The molecule has 0 amide bonds. The first-order valence-corrected chi connectivity index (χ1v) is 8.71. The molecule has 4 heteroatoms. The molecule has 0 saturated carbocycles. The summed E-state index contributed by atoms with van der Waals surface area (Å²) in [6.45, 7) is 10.3. The maximum atomic E-state index is 11.6. The summed E-state index contributed by atoms with van der Waals surface area (Å²) in [5.41, 5.74) is 4.32. The van der Waals surface area contributed by atoms with E-state index in [2.05, 4.69) is 20.8 Å². The molecule has 0 aliphatic heterocycles. The molecule has 0 aromatic carbocycles. The van der Waals surface area contributed by atoms with Crippen molar-refractivity contribution < 1.29 is 9.90 Å². The number of nitrogens with zero attached hydrogens (tertiary/aromatic N) is 1. The predicted molar refractivity (Wildman–Crippen MR) is 91.1 cm³/mol. The minimum atomic E-state index is -0.776. The second-order valence-electron chi connectivity index (χ2n) is 7.33. The molecule has 2 aromatic heterocycles. The molecule has 3 nitrogen and oxygen atoms in total. The van der Waals surface area contributed by atoms with E-state index in [0.29, 0.717) is 0 Å². The van der Waals surface area contributed by atoms with Gasteiger partial charge in [0, 0.05) is 16.0 Å². The van der Waals surface area contributed by atoms with E-state index in [1.54, 1.807) is 18.3 Å². The second-order valence-corrected chi connectivity index (χ2v) is 8.42. The number of aromatic nitrogens is 1. The SMILES string of the molecule is Cc1nc2sc3c(c2c(C(C)(C)C)c1C(C)C(=O)O)CCC3. The lowest BCUT2D eigenvalue weighted by atomic mass is 9.77. The van der Waals surface area contributed by atoms with Gasteiger partial charge in [-0.15, -0.1) is 11.3 Å². The first-order chi connectivity index (χ1) is 10.2. The van der Waals surface area contributed by atoms with Crippen LogP contribution in [0.3, 0.4) is 0 Å². The van der Waals surface area contributed by atoms with Crippen LogP contribution in [0.2, 0.25) is 0 Å². The van der Waals surface area contributed by atoms with Gasteiger partial charge in [0.1, 0.15) is 4.83 Å². The molecule has 2 heterocycles. The van der Waals surface area contributed by atoms with E-state index in [1.165, 1.54) is 27.8 Å². The topological polar surface area (TPSA) is 50.2 Å². The first kappa shape index (κ1) is 15.5. The average molecular weight is 317 g/mol. The summed E-state index contributed by atoms with van der Waals surface area (Å²) in [6.07, 6.45) is 3.45. The Kier molecular flexibility index (Phi) is 3.55. The number of carboxylic acid groups (broad SMARTS) is 1. The molecule has 1 unspecified atom stereocenters. The Morgan fingerprint density at radius 1 is 1.32 bits per heavy atom. The monoisotopic (exact) mass is 317 g/mol. The molecule has 1 aliphatic rings. The van der Waals surface area contributed by atoms with E-state index >= 15 is 0 Å². The summed E-state index contributed by atoms with van der Waals surface area (Å²) in [4.78, 5) is 18.9. The van der Waals surface area contributed by atoms with Crippen molar-refractivity contribution in [1.82, 2.24) is 4.98 Å². The minimum Gasteiger partial charge on any atom is -0.481 e. The lowest BCUT2D eigenvalue weighted by Gasteiger charge is -2.27. The zero-order chi connectivity index (χ0) is 16.2. The van der Waals surface area contributed by atoms with E-state index in [1.807, 2.05) is 6.92 Å². The molecule has 0 saturated heterocycles. The normalized spacial score (nSPS) is 16.0. The highest BCUT2D eigenvalue weighted by atomic mass is 32.1. The molecule has 0 fully saturated rings. The quantitative estimate of drug-likeness (QED) is 0.882. The second kappa shape index (κ2) is 5.05. The Balaban J connectivity index is 2.44. The van der Waals surface area contributed by atoms with Gasteiger partial charge in [-0.05, 0) is 55.2 Å². The highest BCUT2D eigenvalue weighted by molar-refractivity contribution is 7.18. The number of carboxylic acids is 1. The number of hydrogen-bond acceptors (Lipinski definition) is 3. The van der Waals surface area contributed by atoms with Crippen LogP contribution in [0.15, 0.2) is 0 Å². The molecule has 2 aromatic rings. The molecule has 22 heavy (non-hydrogen) atoms. The summed E-state index contributed by atoms with van der Waals surface area (Å²) in [5.74, 6) is -1.30. The molecule has 0 bridgehead atoms. The molecule has 3 rings (SSSR count). The van der Waals surface area contributed by atoms with Gasteiger partial charge in [-0.25, -0.2) is 4.98 Å². The number of carbonyl (C=O) groups is 1. The highest BCUT2D eigenvalue weighted by Gasteiger charge is 2.32.